The molecule has 1 aromatic rings. The summed E-state index contributed by atoms with van der Waals surface area (Å²) >= 11 is 0. The van der Waals surface area contributed by atoms with Gasteiger partial charge < -0.3 is 10.1 Å². The maximum Gasteiger partial charge on any atom is 0.228 e. The molecule has 1 N–H and O–H groups in total. The second kappa shape index (κ2) is 7.50. The molecule has 0 heterocycles. The first-order valence-corrected chi connectivity index (χ1v) is 12.0. The Morgan fingerprint density at radius 3 is 2.52 bits per heavy atom. The van der Waals surface area contributed by atoms with Crippen molar-refractivity contribution in [2.45, 2.75) is 65.2 Å². The van der Waals surface area contributed by atoms with Crippen molar-refractivity contribution in [2.75, 3.05) is 12.4 Å². The molecule has 0 bridgehead atoms. The average molecular weight is 422 g/mol. The minimum atomic E-state index is 0.0817. The Bertz CT molecular complexity index is 919. The number of carbonyl (C=O) groups excluding carboxylic acids is 2. The van der Waals surface area contributed by atoms with Crippen molar-refractivity contribution in [1.82, 2.24) is 0 Å². The van der Waals surface area contributed by atoms with Crippen molar-refractivity contribution in [3.8, 4) is 5.75 Å². The molecule has 0 spiro atoms. The van der Waals surface area contributed by atoms with E-state index in [1.807, 2.05) is 30.3 Å². The van der Waals surface area contributed by atoms with E-state index in [1.54, 1.807) is 7.11 Å². The molecule has 1 amide bonds. The Morgan fingerprint density at radius 2 is 1.77 bits per heavy atom. The molecule has 0 saturated heterocycles. The largest absolute Gasteiger partial charge is 0.497 e. The normalized spacial score (nSPS) is 39.1. The highest BCUT2D eigenvalue weighted by Gasteiger charge is 2.60. The van der Waals surface area contributed by atoms with Gasteiger partial charge in [-0.1, -0.05) is 19.4 Å². The number of amides is 1. The van der Waals surface area contributed by atoms with Crippen LogP contribution in [0, 0.1) is 34.5 Å². The summed E-state index contributed by atoms with van der Waals surface area (Å²) in [7, 11) is 1.65. The van der Waals surface area contributed by atoms with Crippen LogP contribution in [-0.2, 0) is 9.59 Å². The molecular formula is C27H35NO3. The highest BCUT2D eigenvalue weighted by Crippen LogP contribution is 2.66. The Labute approximate surface area is 185 Å². The zero-order valence-electron chi connectivity index (χ0n) is 19.1. The van der Waals surface area contributed by atoms with Gasteiger partial charge in [-0.15, -0.1) is 0 Å². The number of carbonyl (C=O) groups is 2. The van der Waals surface area contributed by atoms with Crippen LogP contribution in [0.25, 0.3) is 0 Å². The first-order valence-electron chi connectivity index (χ1n) is 12.0. The summed E-state index contributed by atoms with van der Waals surface area (Å²) in [6.07, 6.45) is 10.4. The third-order valence-corrected chi connectivity index (χ3v) is 9.64. The molecule has 4 aliphatic carbocycles. The second-order valence-electron chi connectivity index (χ2n) is 10.9. The lowest BCUT2D eigenvalue weighted by molar-refractivity contribution is -0.127. The average Bonchev–Trinajstić information content (AvgIpc) is 3.12. The van der Waals surface area contributed by atoms with E-state index in [9.17, 15) is 9.59 Å². The number of hydrogen-bond donors (Lipinski definition) is 1. The fourth-order valence-corrected chi connectivity index (χ4v) is 7.89. The predicted molar refractivity (Wildman–Crippen MR) is 122 cm³/mol. The highest BCUT2D eigenvalue weighted by atomic mass is 16.5. The lowest BCUT2D eigenvalue weighted by atomic mass is 9.47. The molecule has 0 aliphatic heterocycles. The maximum absolute atomic E-state index is 13.3. The number of ketones is 1. The smallest absolute Gasteiger partial charge is 0.228 e. The van der Waals surface area contributed by atoms with Crippen molar-refractivity contribution in [1.29, 1.82) is 0 Å². The lowest BCUT2D eigenvalue weighted by Crippen LogP contribution is -2.51. The summed E-state index contributed by atoms with van der Waals surface area (Å²) in [5.41, 5.74) is 2.54. The summed E-state index contributed by atoms with van der Waals surface area (Å²) in [6.45, 7) is 4.81. The number of methoxy groups -OCH3 is 1. The van der Waals surface area contributed by atoms with E-state index in [0.717, 1.165) is 43.5 Å². The first-order chi connectivity index (χ1) is 14.8. The van der Waals surface area contributed by atoms with Gasteiger partial charge in [0.2, 0.25) is 5.91 Å². The topological polar surface area (TPSA) is 55.4 Å². The zero-order valence-corrected chi connectivity index (χ0v) is 19.1. The van der Waals surface area contributed by atoms with E-state index >= 15 is 0 Å². The molecule has 3 saturated carbocycles. The minimum Gasteiger partial charge on any atom is -0.497 e. The van der Waals surface area contributed by atoms with Crippen LogP contribution in [0.5, 0.6) is 5.75 Å². The summed E-state index contributed by atoms with van der Waals surface area (Å²) in [6, 6.07) is 7.62. The van der Waals surface area contributed by atoms with Crippen LogP contribution in [0.3, 0.4) is 0 Å². The highest BCUT2D eigenvalue weighted by molar-refractivity contribution is 5.93. The predicted octanol–water partition coefficient (Wildman–Crippen LogP) is 5.78. The molecule has 6 atom stereocenters. The van der Waals surface area contributed by atoms with Crippen molar-refractivity contribution >= 4 is 17.4 Å². The van der Waals surface area contributed by atoms with Crippen molar-refractivity contribution in [3.05, 3.63) is 35.9 Å². The van der Waals surface area contributed by atoms with E-state index in [-0.39, 0.29) is 22.7 Å². The molecular weight excluding hydrogens is 386 g/mol. The standard InChI is InChI=1S/C27H35NO3/c1-26-14-12-19(29)16-17(26)4-9-21-22-10-11-24(27(22,2)15-13-23(21)26)25(30)28-18-5-7-20(31-3)8-6-18/h5-8,16,21-24H,4,9-15H2,1-3H3,(H,28,30)/t21-,22-,23-,24+,26-,27-/m0/s1. The van der Waals surface area contributed by atoms with Gasteiger partial charge in [0.05, 0.1) is 7.11 Å². The number of hydrogen-bond acceptors (Lipinski definition) is 3. The van der Waals surface area contributed by atoms with E-state index < -0.39 is 0 Å². The van der Waals surface area contributed by atoms with Gasteiger partial charge >= 0.3 is 0 Å². The van der Waals surface area contributed by atoms with Gasteiger partial charge in [-0.25, -0.2) is 0 Å². The van der Waals surface area contributed by atoms with Crippen LogP contribution >= 0.6 is 0 Å². The number of ether oxygens (including phenoxy) is 1. The Balaban J connectivity index is 1.34. The van der Waals surface area contributed by atoms with E-state index in [2.05, 4.69) is 19.2 Å². The number of allylic oxidation sites excluding steroid dienone is 1. The monoisotopic (exact) mass is 421 g/mol. The summed E-state index contributed by atoms with van der Waals surface area (Å²) < 4.78 is 5.23. The molecule has 0 radical (unpaired) electrons. The number of nitrogens with one attached hydrogen (secondary N) is 1. The number of fused-ring (bicyclic) bond motifs is 5. The molecule has 166 valence electrons. The summed E-state index contributed by atoms with van der Waals surface area (Å²) in [5, 5.41) is 3.18. The van der Waals surface area contributed by atoms with Gasteiger partial charge in [0.15, 0.2) is 5.78 Å². The van der Waals surface area contributed by atoms with Crippen LogP contribution in [0.1, 0.15) is 65.2 Å². The Kier molecular flexibility index (Phi) is 5.02. The number of benzene rings is 1. The van der Waals surface area contributed by atoms with Crippen molar-refractivity contribution in [3.63, 3.8) is 0 Å². The zero-order chi connectivity index (χ0) is 21.8. The van der Waals surface area contributed by atoms with Gasteiger partial charge in [0.1, 0.15) is 5.75 Å². The van der Waals surface area contributed by atoms with Gasteiger partial charge in [0, 0.05) is 18.0 Å². The number of anilines is 1. The SMILES string of the molecule is COc1ccc(NC(=O)[C@H]2CC[C@H]3[C@@H]4CCC5=CC(=O)CC[C@]5(C)[C@H]4CC[C@]23C)cc1. The van der Waals surface area contributed by atoms with Gasteiger partial charge in [-0.3, -0.25) is 9.59 Å². The minimum absolute atomic E-state index is 0.0817. The van der Waals surface area contributed by atoms with Gasteiger partial charge in [-0.2, -0.15) is 0 Å². The van der Waals surface area contributed by atoms with Crippen molar-refractivity contribution in [2.24, 2.45) is 34.5 Å². The molecule has 0 aromatic heterocycles. The fourth-order valence-electron chi connectivity index (χ4n) is 7.89. The fraction of sp³-hybridized carbons (Fsp3) is 0.630. The van der Waals surface area contributed by atoms with E-state index in [4.69, 9.17) is 4.74 Å². The summed E-state index contributed by atoms with van der Waals surface area (Å²) in [5.74, 6) is 3.36. The molecule has 4 aliphatic rings. The third-order valence-electron chi connectivity index (χ3n) is 9.64. The van der Waals surface area contributed by atoms with Gasteiger partial charge in [0.25, 0.3) is 0 Å². The van der Waals surface area contributed by atoms with Crippen LogP contribution in [0.15, 0.2) is 35.9 Å². The molecule has 0 unspecified atom stereocenters. The lowest BCUT2D eigenvalue weighted by Gasteiger charge is -2.58. The Morgan fingerprint density at radius 1 is 1.00 bits per heavy atom. The van der Waals surface area contributed by atoms with Crippen LogP contribution in [0.4, 0.5) is 5.69 Å². The Hall–Kier alpha value is -2.10. The van der Waals surface area contributed by atoms with Crippen LogP contribution < -0.4 is 10.1 Å². The first kappa shape index (κ1) is 20.8. The molecule has 1 aromatic carbocycles. The molecule has 31 heavy (non-hydrogen) atoms. The quantitative estimate of drug-likeness (QED) is 0.673. The second-order valence-corrected chi connectivity index (χ2v) is 10.9. The van der Waals surface area contributed by atoms with E-state index in [1.165, 1.54) is 18.4 Å². The molecule has 4 nitrogen and oxygen atoms in total. The van der Waals surface area contributed by atoms with Crippen molar-refractivity contribution < 1.29 is 14.3 Å². The van der Waals surface area contributed by atoms with Crippen LogP contribution in [0.2, 0.25) is 0 Å². The van der Waals surface area contributed by atoms with Gasteiger partial charge in [-0.05, 0) is 104 Å². The van der Waals surface area contributed by atoms with Crippen LogP contribution in [-0.4, -0.2) is 18.8 Å². The molecule has 5 rings (SSSR count). The molecule has 3 fully saturated rings. The van der Waals surface area contributed by atoms with E-state index in [0.29, 0.717) is 30.0 Å². The summed E-state index contributed by atoms with van der Waals surface area (Å²) in [4.78, 5) is 25.4. The number of rotatable bonds is 3. The third kappa shape index (κ3) is 3.25. The molecule has 4 heteroatoms. The maximum atomic E-state index is 13.3.